The molecule has 4 rings (SSSR count). The van der Waals surface area contributed by atoms with Crippen LogP contribution in [0.3, 0.4) is 0 Å². The van der Waals surface area contributed by atoms with Gasteiger partial charge in [-0.1, -0.05) is 42.5 Å². The van der Waals surface area contributed by atoms with E-state index in [-0.39, 0.29) is 10.8 Å². The first-order valence-electron chi connectivity index (χ1n) is 10.8. The summed E-state index contributed by atoms with van der Waals surface area (Å²) in [5.74, 6) is 0.0928. The van der Waals surface area contributed by atoms with Crippen molar-refractivity contribution >= 4 is 15.9 Å². The first kappa shape index (κ1) is 22.0. The lowest BCUT2D eigenvalue weighted by Gasteiger charge is -2.26. The Kier molecular flexibility index (Phi) is 7.02. The normalized spacial score (nSPS) is 18.8. The van der Waals surface area contributed by atoms with E-state index in [4.69, 9.17) is 4.74 Å². The second-order valence-corrected chi connectivity index (χ2v) is 9.86. The van der Waals surface area contributed by atoms with Crippen molar-refractivity contribution in [2.75, 3.05) is 39.4 Å². The highest BCUT2D eigenvalue weighted by molar-refractivity contribution is 7.89. The number of nitrogens with zero attached hydrogens (tertiary/aromatic N) is 2. The van der Waals surface area contributed by atoms with E-state index >= 15 is 0 Å². The molecule has 0 aliphatic carbocycles. The minimum absolute atomic E-state index is 0.0928. The van der Waals surface area contributed by atoms with Gasteiger partial charge in [0.25, 0.3) is 0 Å². The van der Waals surface area contributed by atoms with Crippen molar-refractivity contribution in [3.63, 3.8) is 0 Å². The fraction of sp³-hybridized carbons (Fsp3) is 0.435. The summed E-state index contributed by atoms with van der Waals surface area (Å²) >= 11 is 0. The van der Waals surface area contributed by atoms with E-state index in [1.54, 1.807) is 12.1 Å². The summed E-state index contributed by atoms with van der Waals surface area (Å²) < 4.78 is 32.3. The van der Waals surface area contributed by atoms with Crippen LogP contribution in [0.5, 0.6) is 0 Å². The van der Waals surface area contributed by atoms with Gasteiger partial charge in [-0.3, -0.25) is 10.1 Å². The third kappa shape index (κ3) is 5.15. The Hall–Kier alpha value is -2.26. The van der Waals surface area contributed by atoms with Gasteiger partial charge in [-0.2, -0.15) is 4.31 Å². The minimum Gasteiger partial charge on any atom is -0.379 e. The Labute approximate surface area is 184 Å². The minimum atomic E-state index is -3.51. The molecule has 0 aromatic heterocycles. The number of benzene rings is 2. The first-order valence-corrected chi connectivity index (χ1v) is 12.2. The number of morpholine rings is 1. The van der Waals surface area contributed by atoms with Gasteiger partial charge in [0, 0.05) is 32.7 Å². The van der Waals surface area contributed by atoms with E-state index in [0.717, 1.165) is 37.1 Å². The van der Waals surface area contributed by atoms with Crippen LogP contribution in [-0.4, -0.2) is 62.9 Å². The molecule has 0 radical (unpaired) electrons. The Morgan fingerprint density at radius 2 is 1.58 bits per heavy atom. The smallest absolute Gasteiger partial charge is 0.244 e. The molecule has 7 nitrogen and oxygen atoms in total. The van der Waals surface area contributed by atoms with Gasteiger partial charge in [-0.25, -0.2) is 8.42 Å². The molecule has 0 bridgehead atoms. The van der Waals surface area contributed by atoms with E-state index in [0.29, 0.717) is 32.8 Å². The second kappa shape index (κ2) is 9.91. The van der Waals surface area contributed by atoms with Gasteiger partial charge in [-0.15, -0.1) is 0 Å². The van der Waals surface area contributed by atoms with Gasteiger partial charge in [0.1, 0.15) is 6.04 Å². The van der Waals surface area contributed by atoms with Gasteiger partial charge < -0.3 is 9.64 Å². The van der Waals surface area contributed by atoms with Gasteiger partial charge >= 0.3 is 0 Å². The molecule has 1 atom stereocenters. The highest BCUT2D eigenvalue weighted by Crippen LogP contribution is 2.21. The Balaban J connectivity index is 1.45. The van der Waals surface area contributed by atoms with Gasteiger partial charge in [0.05, 0.1) is 18.1 Å². The van der Waals surface area contributed by atoms with Gasteiger partial charge in [-0.05, 0) is 36.1 Å². The quantitative estimate of drug-likeness (QED) is 0.710. The number of amides is 1. The fourth-order valence-electron chi connectivity index (χ4n) is 4.05. The molecule has 0 saturated carbocycles. The number of carbonyl (C=O) groups is 1. The average Bonchev–Trinajstić information content (AvgIpc) is 3.36. The summed E-state index contributed by atoms with van der Waals surface area (Å²) in [6.07, 6.45) is 2.10. The van der Waals surface area contributed by atoms with E-state index in [9.17, 15) is 13.2 Å². The van der Waals surface area contributed by atoms with Crippen molar-refractivity contribution in [1.82, 2.24) is 14.5 Å². The average molecular weight is 444 g/mol. The van der Waals surface area contributed by atoms with Crippen LogP contribution in [-0.2, 0) is 26.1 Å². The van der Waals surface area contributed by atoms with Crippen LogP contribution in [0.15, 0.2) is 59.5 Å². The number of ether oxygens (including phenoxy) is 1. The molecule has 2 aliphatic heterocycles. The van der Waals surface area contributed by atoms with Crippen molar-refractivity contribution in [1.29, 1.82) is 0 Å². The molecule has 1 unspecified atom stereocenters. The van der Waals surface area contributed by atoms with E-state index in [2.05, 4.69) is 5.32 Å². The zero-order valence-electron chi connectivity index (χ0n) is 17.6. The topological polar surface area (TPSA) is 79.0 Å². The summed E-state index contributed by atoms with van der Waals surface area (Å²) in [6, 6.07) is 16.2. The van der Waals surface area contributed by atoms with Gasteiger partial charge in [0.15, 0.2) is 0 Å². The van der Waals surface area contributed by atoms with Crippen molar-refractivity contribution in [2.45, 2.75) is 30.3 Å². The number of hydrogen-bond donors (Lipinski definition) is 1. The number of hydrogen-bond acceptors (Lipinski definition) is 5. The summed E-state index contributed by atoms with van der Waals surface area (Å²) in [4.78, 5) is 15.3. The summed E-state index contributed by atoms with van der Waals surface area (Å²) in [5, 5.41) is 3.38. The van der Waals surface area contributed by atoms with Crippen LogP contribution < -0.4 is 5.32 Å². The largest absolute Gasteiger partial charge is 0.379 e. The lowest BCUT2D eigenvalue weighted by atomic mass is 10.0. The third-order valence-corrected chi connectivity index (χ3v) is 7.75. The van der Waals surface area contributed by atoms with E-state index in [1.165, 1.54) is 4.31 Å². The second-order valence-electron chi connectivity index (χ2n) is 7.92. The zero-order valence-corrected chi connectivity index (χ0v) is 18.4. The van der Waals surface area contributed by atoms with Crippen molar-refractivity contribution in [2.24, 2.45) is 0 Å². The summed E-state index contributed by atoms with van der Waals surface area (Å²) in [5.41, 5.74) is 1.86. The lowest BCUT2D eigenvalue weighted by molar-refractivity contribution is -0.132. The first-order chi connectivity index (χ1) is 15.1. The summed E-state index contributed by atoms with van der Waals surface area (Å²) in [7, 11) is -3.51. The molecule has 2 aromatic carbocycles. The molecule has 2 aromatic rings. The molecule has 1 N–H and O–H groups in total. The SMILES string of the molecule is O=C(C(NCc1ccc(S(=O)(=O)N2CCOCC2)cc1)c1ccccc1)N1CCCC1. The number of likely N-dealkylation sites (tertiary alicyclic amines) is 1. The highest BCUT2D eigenvalue weighted by Gasteiger charge is 2.28. The molecule has 2 saturated heterocycles. The van der Waals surface area contributed by atoms with Crippen LogP contribution in [0.1, 0.15) is 30.0 Å². The molecule has 31 heavy (non-hydrogen) atoms. The Morgan fingerprint density at radius 1 is 0.935 bits per heavy atom. The van der Waals surface area contributed by atoms with Crippen molar-refractivity contribution < 1.29 is 17.9 Å². The van der Waals surface area contributed by atoms with Crippen LogP contribution >= 0.6 is 0 Å². The molecule has 0 spiro atoms. The molecule has 166 valence electrons. The Bertz CT molecular complexity index is 968. The van der Waals surface area contributed by atoms with Crippen molar-refractivity contribution in [3.05, 3.63) is 65.7 Å². The van der Waals surface area contributed by atoms with E-state index < -0.39 is 16.1 Å². The van der Waals surface area contributed by atoms with Crippen LogP contribution in [0, 0.1) is 0 Å². The molecule has 1 amide bonds. The number of nitrogens with one attached hydrogen (secondary N) is 1. The maximum atomic E-state index is 13.1. The number of sulfonamides is 1. The monoisotopic (exact) mass is 443 g/mol. The molecule has 2 heterocycles. The molecular formula is C23H29N3O4S. The van der Waals surface area contributed by atoms with Gasteiger partial charge in [0.2, 0.25) is 15.9 Å². The number of carbonyl (C=O) groups excluding carboxylic acids is 1. The van der Waals surface area contributed by atoms with Crippen LogP contribution in [0.25, 0.3) is 0 Å². The molecule has 8 heteroatoms. The van der Waals surface area contributed by atoms with E-state index in [1.807, 2.05) is 47.4 Å². The Morgan fingerprint density at radius 3 is 2.23 bits per heavy atom. The van der Waals surface area contributed by atoms with Crippen molar-refractivity contribution in [3.8, 4) is 0 Å². The maximum Gasteiger partial charge on any atom is 0.244 e. The number of rotatable bonds is 7. The predicted molar refractivity (Wildman–Crippen MR) is 118 cm³/mol. The van der Waals surface area contributed by atoms with Crippen LogP contribution in [0.2, 0.25) is 0 Å². The lowest BCUT2D eigenvalue weighted by Crippen LogP contribution is -2.40. The molecule has 2 aliphatic rings. The zero-order chi connectivity index (χ0) is 21.7. The highest BCUT2D eigenvalue weighted by atomic mass is 32.2. The maximum absolute atomic E-state index is 13.1. The van der Waals surface area contributed by atoms with Crippen LogP contribution in [0.4, 0.5) is 0 Å². The fourth-order valence-corrected chi connectivity index (χ4v) is 5.46. The molecular weight excluding hydrogens is 414 g/mol. The molecule has 2 fully saturated rings. The summed E-state index contributed by atoms with van der Waals surface area (Å²) in [6.45, 7) is 3.68. The standard InChI is InChI=1S/C23H29N3O4S/c27-23(25-12-4-5-13-25)22(20-6-2-1-3-7-20)24-18-19-8-10-21(11-9-19)31(28,29)26-14-16-30-17-15-26/h1-3,6-11,22,24H,4-5,12-18H2. The predicted octanol–water partition coefficient (Wildman–Crippen LogP) is 2.16. The third-order valence-electron chi connectivity index (χ3n) is 5.84.